The molecule has 0 bridgehead atoms. The fourth-order valence-electron chi connectivity index (χ4n) is 4.13. The van der Waals surface area contributed by atoms with Crippen molar-refractivity contribution >= 4 is 17.4 Å². The summed E-state index contributed by atoms with van der Waals surface area (Å²) in [6.45, 7) is 5.70. The van der Waals surface area contributed by atoms with Crippen molar-refractivity contribution in [3.63, 3.8) is 0 Å². The molecular formula is C27H34N2O5. The minimum Gasteiger partial charge on any atom is -0.507 e. The number of Topliss-reactive ketones (excluding diaryl/α,β-unsaturated/α-hetero) is 1. The summed E-state index contributed by atoms with van der Waals surface area (Å²) in [6.07, 6.45) is 1.59. The van der Waals surface area contributed by atoms with Gasteiger partial charge in [0.1, 0.15) is 17.3 Å². The van der Waals surface area contributed by atoms with Crippen molar-refractivity contribution in [2.24, 2.45) is 0 Å². The molecule has 0 radical (unpaired) electrons. The summed E-state index contributed by atoms with van der Waals surface area (Å²) in [5.74, 6) is -0.0480. The first-order valence-corrected chi connectivity index (χ1v) is 11.6. The zero-order valence-corrected chi connectivity index (χ0v) is 20.6. The number of benzene rings is 2. The molecular weight excluding hydrogens is 432 g/mol. The number of methoxy groups -OCH3 is 1. The molecule has 1 aliphatic heterocycles. The maximum atomic E-state index is 13.2. The van der Waals surface area contributed by atoms with Crippen LogP contribution in [0.2, 0.25) is 0 Å². The Morgan fingerprint density at radius 3 is 2.41 bits per heavy atom. The quantitative estimate of drug-likeness (QED) is 0.322. The molecule has 182 valence electrons. The first-order valence-electron chi connectivity index (χ1n) is 11.6. The van der Waals surface area contributed by atoms with Crippen LogP contribution in [0.4, 0.5) is 0 Å². The van der Waals surface area contributed by atoms with Crippen LogP contribution in [0.15, 0.2) is 48.0 Å². The highest BCUT2D eigenvalue weighted by Gasteiger charge is 2.45. The lowest BCUT2D eigenvalue weighted by molar-refractivity contribution is -0.139. The van der Waals surface area contributed by atoms with Gasteiger partial charge >= 0.3 is 0 Å². The molecule has 0 aliphatic carbocycles. The molecule has 1 saturated heterocycles. The van der Waals surface area contributed by atoms with Gasteiger partial charge in [0.2, 0.25) is 0 Å². The fourth-order valence-corrected chi connectivity index (χ4v) is 4.13. The van der Waals surface area contributed by atoms with Gasteiger partial charge in [-0.3, -0.25) is 9.59 Å². The minimum absolute atomic E-state index is 0.0987. The first-order chi connectivity index (χ1) is 16.3. The number of amides is 1. The van der Waals surface area contributed by atoms with Gasteiger partial charge in [-0.05, 0) is 81.9 Å². The highest BCUT2D eigenvalue weighted by atomic mass is 16.5. The molecule has 1 aliphatic rings. The van der Waals surface area contributed by atoms with Crippen LogP contribution in [-0.2, 0) is 9.59 Å². The second-order valence-corrected chi connectivity index (χ2v) is 8.75. The third kappa shape index (κ3) is 5.42. The lowest BCUT2D eigenvalue weighted by Gasteiger charge is -2.26. The van der Waals surface area contributed by atoms with Gasteiger partial charge in [0, 0.05) is 12.1 Å². The lowest BCUT2D eigenvalue weighted by Crippen LogP contribution is -2.32. The molecule has 1 heterocycles. The standard InChI is InChI=1S/C27H34N2O5/c1-6-16-34-22-13-10-20(17-18(22)2)25(30)23-24(19-8-11-21(33-5)12-9-19)29(27(32)26(23)31)15-7-14-28(3)4/h8-13,17,24,30H,6-7,14-16H2,1-5H3/b25-23+. The Morgan fingerprint density at radius 1 is 1.12 bits per heavy atom. The fraction of sp³-hybridized carbons (Fsp3) is 0.407. The number of rotatable bonds is 10. The van der Waals surface area contributed by atoms with Gasteiger partial charge in [-0.25, -0.2) is 0 Å². The zero-order valence-electron chi connectivity index (χ0n) is 20.6. The smallest absolute Gasteiger partial charge is 0.295 e. The topological polar surface area (TPSA) is 79.3 Å². The van der Waals surface area contributed by atoms with Crippen molar-refractivity contribution in [3.05, 3.63) is 64.7 Å². The van der Waals surface area contributed by atoms with Gasteiger partial charge in [0.05, 0.1) is 25.3 Å². The summed E-state index contributed by atoms with van der Waals surface area (Å²) < 4.78 is 11.0. The van der Waals surface area contributed by atoms with Crippen LogP contribution in [0.3, 0.4) is 0 Å². The average molecular weight is 467 g/mol. The molecule has 1 N–H and O–H groups in total. The molecule has 3 rings (SSSR count). The molecule has 0 saturated carbocycles. The number of carbonyl (C=O) groups is 2. The highest BCUT2D eigenvalue weighted by molar-refractivity contribution is 6.46. The van der Waals surface area contributed by atoms with E-state index in [4.69, 9.17) is 9.47 Å². The lowest BCUT2D eigenvalue weighted by atomic mass is 9.94. The van der Waals surface area contributed by atoms with E-state index in [1.54, 1.807) is 42.3 Å². The Morgan fingerprint density at radius 2 is 1.82 bits per heavy atom. The van der Waals surface area contributed by atoms with E-state index in [1.807, 2.05) is 45.0 Å². The number of carbonyl (C=O) groups excluding carboxylic acids is 2. The summed E-state index contributed by atoms with van der Waals surface area (Å²) in [6, 6.07) is 11.9. The summed E-state index contributed by atoms with van der Waals surface area (Å²) in [5, 5.41) is 11.3. The van der Waals surface area contributed by atoms with Crippen LogP contribution in [0, 0.1) is 6.92 Å². The van der Waals surface area contributed by atoms with Crippen molar-refractivity contribution in [2.45, 2.75) is 32.7 Å². The maximum absolute atomic E-state index is 13.2. The molecule has 1 unspecified atom stereocenters. The van der Waals surface area contributed by atoms with Crippen LogP contribution >= 0.6 is 0 Å². The summed E-state index contributed by atoms with van der Waals surface area (Å²) in [7, 11) is 5.51. The van der Waals surface area contributed by atoms with Gasteiger partial charge < -0.3 is 24.4 Å². The van der Waals surface area contributed by atoms with E-state index in [2.05, 4.69) is 0 Å². The average Bonchev–Trinajstić information content (AvgIpc) is 3.07. The van der Waals surface area contributed by atoms with Crippen molar-refractivity contribution in [1.82, 2.24) is 9.80 Å². The number of hydrogen-bond donors (Lipinski definition) is 1. The van der Waals surface area contributed by atoms with Crippen molar-refractivity contribution in [3.8, 4) is 11.5 Å². The summed E-state index contributed by atoms with van der Waals surface area (Å²) >= 11 is 0. The molecule has 7 heteroatoms. The summed E-state index contributed by atoms with van der Waals surface area (Å²) in [5.41, 5.74) is 2.16. The number of hydrogen-bond acceptors (Lipinski definition) is 6. The number of aliphatic hydroxyl groups excluding tert-OH is 1. The number of likely N-dealkylation sites (tertiary alicyclic amines) is 1. The number of aliphatic hydroxyl groups is 1. The Kier molecular flexibility index (Phi) is 8.34. The number of ketones is 1. The number of aryl methyl sites for hydroxylation is 1. The Bertz CT molecular complexity index is 1060. The molecule has 1 amide bonds. The third-order valence-corrected chi connectivity index (χ3v) is 5.89. The van der Waals surface area contributed by atoms with E-state index in [0.717, 1.165) is 29.8 Å². The molecule has 7 nitrogen and oxygen atoms in total. The van der Waals surface area contributed by atoms with Crippen LogP contribution in [-0.4, -0.2) is 67.5 Å². The van der Waals surface area contributed by atoms with E-state index in [1.165, 1.54) is 0 Å². The molecule has 34 heavy (non-hydrogen) atoms. The maximum Gasteiger partial charge on any atom is 0.295 e. The van der Waals surface area contributed by atoms with E-state index in [9.17, 15) is 14.7 Å². The predicted octanol–water partition coefficient (Wildman–Crippen LogP) is 4.17. The van der Waals surface area contributed by atoms with Gasteiger partial charge in [-0.15, -0.1) is 0 Å². The molecule has 0 spiro atoms. The van der Waals surface area contributed by atoms with Crippen LogP contribution in [0.5, 0.6) is 11.5 Å². The molecule has 2 aromatic carbocycles. The monoisotopic (exact) mass is 466 g/mol. The second kappa shape index (κ2) is 11.2. The number of nitrogens with zero attached hydrogens (tertiary/aromatic N) is 2. The Hall–Kier alpha value is -3.32. The SMILES string of the molecule is CCCOc1ccc(/C(O)=C2\C(=O)C(=O)N(CCCN(C)C)C2c2ccc(OC)cc2)cc1C. The Balaban J connectivity index is 2.05. The molecule has 0 aromatic heterocycles. The predicted molar refractivity (Wildman–Crippen MR) is 132 cm³/mol. The van der Waals surface area contributed by atoms with Crippen LogP contribution in [0.25, 0.3) is 5.76 Å². The molecule has 2 aromatic rings. The highest BCUT2D eigenvalue weighted by Crippen LogP contribution is 2.40. The molecule has 1 fully saturated rings. The van der Waals surface area contributed by atoms with Crippen molar-refractivity contribution in [2.75, 3.05) is 40.9 Å². The first kappa shape index (κ1) is 25.3. The van der Waals surface area contributed by atoms with E-state index in [-0.39, 0.29) is 11.3 Å². The third-order valence-electron chi connectivity index (χ3n) is 5.89. The van der Waals surface area contributed by atoms with Gasteiger partial charge in [0.25, 0.3) is 11.7 Å². The van der Waals surface area contributed by atoms with Gasteiger partial charge in [-0.2, -0.15) is 0 Å². The zero-order chi connectivity index (χ0) is 24.8. The van der Waals surface area contributed by atoms with E-state index < -0.39 is 17.7 Å². The van der Waals surface area contributed by atoms with Crippen molar-refractivity contribution < 1.29 is 24.2 Å². The van der Waals surface area contributed by atoms with E-state index >= 15 is 0 Å². The van der Waals surface area contributed by atoms with Crippen LogP contribution < -0.4 is 9.47 Å². The Labute approximate surface area is 201 Å². The van der Waals surface area contributed by atoms with Gasteiger partial charge in [-0.1, -0.05) is 19.1 Å². The second-order valence-electron chi connectivity index (χ2n) is 8.75. The normalized spacial score (nSPS) is 17.5. The molecule has 1 atom stereocenters. The van der Waals surface area contributed by atoms with Crippen molar-refractivity contribution in [1.29, 1.82) is 0 Å². The van der Waals surface area contributed by atoms with Gasteiger partial charge in [0.15, 0.2) is 0 Å². The number of ether oxygens (including phenoxy) is 2. The largest absolute Gasteiger partial charge is 0.507 e. The van der Waals surface area contributed by atoms with E-state index in [0.29, 0.717) is 30.9 Å². The summed E-state index contributed by atoms with van der Waals surface area (Å²) in [4.78, 5) is 29.8. The minimum atomic E-state index is -0.676. The van der Waals surface area contributed by atoms with Crippen LogP contribution in [0.1, 0.15) is 42.5 Å².